The molecule has 7 heteroatoms. The molecular formula is C31H33FN4O2. The van der Waals surface area contributed by atoms with Gasteiger partial charge in [0.2, 0.25) is 5.91 Å². The van der Waals surface area contributed by atoms with Crippen LogP contribution < -0.4 is 10.9 Å². The summed E-state index contributed by atoms with van der Waals surface area (Å²) in [5.41, 5.74) is 3.68. The van der Waals surface area contributed by atoms with Crippen molar-refractivity contribution in [3.05, 3.63) is 106 Å². The first-order valence-corrected chi connectivity index (χ1v) is 13.5. The van der Waals surface area contributed by atoms with E-state index >= 15 is 4.39 Å². The van der Waals surface area contributed by atoms with E-state index in [0.29, 0.717) is 25.0 Å². The SMILES string of the molecule is Cn1ccc([C@H]2CCNC[C@@H]2C(=O)N(Cc2cn(Cc3ccccc3)c3cccc(F)c23)C2CC2)cc1=O. The number of carbonyl (C=O) groups is 1. The lowest BCUT2D eigenvalue weighted by molar-refractivity contribution is -0.138. The van der Waals surface area contributed by atoms with E-state index < -0.39 is 0 Å². The normalized spacial score (nSPS) is 19.5. The minimum atomic E-state index is -0.265. The summed E-state index contributed by atoms with van der Waals surface area (Å²) in [6.45, 7) is 2.40. The predicted octanol–water partition coefficient (Wildman–Crippen LogP) is 4.41. The van der Waals surface area contributed by atoms with Crippen molar-refractivity contribution in [2.45, 2.75) is 44.3 Å². The molecule has 1 aliphatic carbocycles. The molecule has 1 N–H and O–H groups in total. The lowest BCUT2D eigenvalue weighted by atomic mass is 9.80. The molecule has 2 aromatic carbocycles. The van der Waals surface area contributed by atoms with Gasteiger partial charge in [-0.3, -0.25) is 9.59 Å². The second-order valence-electron chi connectivity index (χ2n) is 10.7. The van der Waals surface area contributed by atoms with Crippen molar-refractivity contribution in [3.8, 4) is 0 Å². The molecule has 6 rings (SSSR count). The number of aryl methyl sites for hydroxylation is 1. The molecule has 2 atom stereocenters. The van der Waals surface area contributed by atoms with Gasteiger partial charge >= 0.3 is 0 Å². The van der Waals surface area contributed by atoms with Gasteiger partial charge in [0, 0.05) is 56.6 Å². The summed E-state index contributed by atoms with van der Waals surface area (Å²) in [4.78, 5) is 28.5. The van der Waals surface area contributed by atoms with Crippen molar-refractivity contribution >= 4 is 16.8 Å². The Morgan fingerprint density at radius 1 is 1.08 bits per heavy atom. The summed E-state index contributed by atoms with van der Waals surface area (Å²) in [5, 5.41) is 3.98. The molecular weight excluding hydrogens is 479 g/mol. The van der Waals surface area contributed by atoms with Crippen LogP contribution in [0.5, 0.6) is 0 Å². The van der Waals surface area contributed by atoms with Crippen LogP contribution in [-0.4, -0.2) is 39.1 Å². The zero-order valence-corrected chi connectivity index (χ0v) is 21.6. The molecule has 1 saturated carbocycles. The highest BCUT2D eigenvalue weighted by atomic mass is 19.1. The van der Waals surface area contributed by atoms with Gasteiger partial charge in [-0.15, -0.1) is 0 Å². The van der Waals surface area contributed by atoms with Crippen molar-refractivity contribution in [3.63, 3.8) is 0 Å². The minimum absolute atomic E-state index is 0.0185. The van der Waals surface area contributed by atoms with E-state index in [1.807, 2.05) is 41.4 Å². The Morgan fingerprint density at radius 3 is 2.66 bits per heavy atom. The van der Waals surface area contributed by atoms with Gasteiger partial charge in [0.15, 0.2) is 0 Å². The largest absolute Gasteiger partial charge is 0.343 e. The average Bonchev–Trinajstić information content (AvgIpc) is 3.72. The summed E-state index contributed by atoms with van der Waals surface area (Å²) in [7, 11) is 1.74. The fourth-order valence-electron chi connectivity index (χ4n) is 5.90. The number of amides is 1. The number of benzene rings is 2. The summed E-state index contributed by atoms with van der Waals surface area (Å²) >= 11 is 0. The Labute approximate surface area is 221 Å². The number of hydrogen-bond acceptors (Lipinski definition) is 3. The zero-order chi connectivity index (χ0) is 26.2. The summed E-state index contributed by atoms with van der Waals surface area (Å²) < 4.78 is 18.9. The Bertz CT molecular complexity index is 1520. The second-order valence-corrected chi connectivity index (χ2v) is 10.7. The molecule has 6 nitrogen and oxygen atoms in total. The average molecular weight is 513 g/mol. The van der Waals surface area contributed by atoms with E-state index in [2.05, 4.69) is 22.0 Å². The summed E-state index contributed by atoms with van der Waals surface area (Å²) in [5.74, 6) is -0.454. The van der Waals surface area contributed by atoms with Crippen LogP contribution in [0, 0.1) is 11.7 Å². The number of piperidine rings is 1. The molecule has 38 heavy (non-hydrogen) atoms. The smallest absolute Gasteiger partial charge is 0.250 e. The molecule has 0 spiro atoms. The van der Waals surface area contributed by atoms with Crippen LogP contribution in [0.3, 0.4) is 0 Å². The molecule has 1 amide bonds. The quantitative estimate of drug-likeness (QED) is 0.399. The van der Waals surface area contributed by atoms with E-state index in [1.165, 1.54) is 6.07 Å². The molecule has 0 bridgehead atoms. The van der Waals surface area contributed by atoms with Crippen LogP contribution in [0.1, 0.15) is 41.9 Å². The van der Waals surface area contributed by atoms with Crippen LogP contribution >= 0.6 is 0 Å². The standard InChI is InChI=1S/C31H33FN4O2/c1-34-15-13-22(16-29(34)37)25-12-14-33-17-26(25)31(38)36(24-10-11-24)20-23-19-35(18-21-6-3-2-4-7-21)28-9-5-8-27(32)30(23)28/h2-9,13,15-16,19,24-26,33H,10-12,14,17-18,20H2,1H3/t25-,26+/m1/s1. The zero-order valence-electron chi connectivity index (χ0n) is 21.6. The van der Waals surface area contributed by atoms with E-state index in [0.717, 1.165) is 48.0 Å². The fraction of sp³-hybridized carbons (Fsp3) is 0.355. The maximum atomic E-state index is 15.2. The highest BCUT2D eigenvalue weighted by Gasteiger charge is 2.40. The predicted molar refractivity (Wildman–Crippen MR) is 146 cm³/mol. The van der Waals surface area contributed by atoms with Crippen LogP contribution in [0.2, 0.25) is 0 Å². The first-order chi connectivity index (χ1) is 18.5. The van der Waals surface area contributed by atoms with Gasteiger partial charge in [0.1, 0.15) is 5.82 Å². The van der Waals surface area contributed by atoms with Crippen molar-refractivity contribution in [1.29, 1.82) is 0 Å². The van der Waals surface area contributed by atoms with Gasteiger partial charge < -0.3 is 19.4 Å². The lowest BCUT2D eigenvalue weighted by Gasteiger charge is -2.35. The number of fused-ring (bicyclic) bond motifs is 1. The van der Waals surface area contributed by atoms with Crippen LogP contribution in [-0.2, 0) is 24.9 Å². The second kappa shape index (κ2) is 10.2. The third kappa shape index (κ3) is 4.78. The maximum Gasteiger partial charge on any atom is 0.250 e. The van der Waals surface area contributed by atoms with Crippen molar-refractivity contribution in [2.24, 2.45) is 13.0 Å². The van der Waals surface area contributed by atoms with E-state index in [-0.39, 0.29) is 35.2 Å². The van der Waals surface area contributed by atoms with Crippen LogP contribution in [0.4, 0.5) is 4.39 Å². The minimum Gasteiger partial charge on any atom is -0.343 e. The molecule has 3 heterocycles. The highest BCUT2D eigenvalue weighted by molar-refractivity contribution is 5.86. The Kier molecular flexibility index (Phi) is 6.62. The number of carbonyl (C=O) groups excluding carboxylic acids is 1. The van der Waals surface area contributed by atoms with Crippen molar-refractivity contribution in [1.82, 2.24) is 19.4 Å². The van der Waals surface area contributed by atoms with Crippen LogP contribution in [0.25, 0.3) is 10.9 Å². The monoisotopic (exact) mass is 512 g/mol. The molecule has 2 aliphatic rings. The van der Waals surface area contributed by atoms with E-state index in [1.54, 1.807) is 29.9 Å². The van der Waals surface area contributed by atoms with Gasteiger partial charge in [0.25, 0.3) is 5.56 Å². The van der Waals surface area contributed by atoms with Gasteiger partial charge in [0.05, 0.1) is 11.4 Å². The lowest BCUT2D eigenvalue weighted by Crippen LogP contribution is -2.47. The first kappa shape index (κ1) is 24.6. The molecule has 4 aromatic rings. The van der Waals surface area contributed by atoms with E-state index in [9.17, 15) is 9.59 Å². The molecule has 0 radical (unpaired) electrons. The number of halogens is 1. The Morgan fingerprint density at radius 2 is 1.89 bits per heavy atom. The number of pyridine rings is 1. The Hall–Kier alpha value is -3.71. The van der Waals surface area contributed by atoms with Crippen molar-refractivity contribution < 1.29 is 9.18 Å². The van der Waals surface area contributed by atoms with E-state index in [4.69, 9.17) is 0 Å². The molecule has 1 saturated heterocycles. The van der Waals surface area contributed by atoms with Gasteiger partial charge in [-0.25, -0.2) is 4.39 Å². The number of rotatable bonds is 7. The number of nitrogens with zero attached hydrogens (tertiary/aromatic N) is 3. The Balaban J connectivity index is 1.33. The van der Waals surface area contributed by atoms with Gasteiger partial charge in [-0.05, 0) is 66.6 Å². The van der Waals surface area contributed by atoms with Gasteiger partial charge in [-0.1, -0.05) is 36.4 Å². The molecule has 196 valence electrons. The topological polar surface area (TPSA) is 59.3 Å². The van der Waals surface area contributed by atoms with Crippen molar-refractivity contribution in [2.75, 3.05) is 13.1 Å². The molecule has 0 unspecified atom stereocenters. The van der Waals surface area contributed by atoms with Crippen LogP contribution in [0.15, 0.2) is 77.9 Å². The highest BCUT2D eigenvalue weighted by Crippen LogP contribution is 2.37. The first-order valence-electron chi connectivity index (χ1n) is 13.5. The summed E-state index contributed by atoms with van der Waals surface area (Å²) in [6, 6.07) is 19.1. The van der Waals surface area contributed by atoms with Gasteiger partial charge in [-0.2, -0.15) is 0 Å². The number of aromatic nitrogens is 2. The fourth-order valence-corrected chi connectivity index (χ4v) is 5.90. The third-order valence-electron chi connectivity index (χ3n) is 8.10. The summed E-state index contributed by atoms with van der Waals surface area (Å²) in [6.07, 6.45) is 6.53. The third-order valence-corrected chi connectivity index (χ3v) is 8.10. The molecule has 2 aromatic heterocycles. The number of nitrogens with one attached hydrogen (secondary N) is 1. The molecule has 1 aliphatic heterocycles. The number of hydrogen-bond donors (Lipinski definition) is 1. The maximum absolute atomic E-state index is 15.2. The molecule has 2 fully saturated rings.